The first kappa shape index (κ1) is 17.2. The second kappa shape index (κ2) is 5.48. The first-order valence-corrected chi connectivity index (χ1v) is 8.21. The molecule has 0 aliphatic heterocycles. The van der Waals surface area contributed by atoms with Crippen LogP contribution in [0, 0.1) is 16.7 Å². The van der Waals surface area contributed by atoms with Crippen LogP contribution in [0.15, 0.2) is 0 Å². The van der Waals surface area contributed by atoms with Gasteiger partial charge in [0.15, 0.2) is 10.9 Å². The van der Waals surface area contributed by atoms with E-state index in [0.717, 1.165) is 12.8 Å². The Morgan fingerprint density at radius 3 is 2.36 bits per heavy atom. The van der Waals surface area contributed by atoms with E-state index in [2.05, 4.69) is 26.1 Å². The number of hydrogen-bond acceptors (Lipinski definition) is 3. The van der Waals surface area contributed by atoms with E-state index in [9.17, 15) is 9.59 Å². The number of Topliss-reactive ketones (excluding diaryl/α,β-unsaturated/α-hetero) is 1. The minimum Gasteiger partial charge on any atom is -0.366 e. The number of fused-ring (bicyclic) bond motifs is 2. The molecule has 0 heterocycles. The van der Waals surface area contributed by atoms with E-state index in [1.807, 2.05) is 0 Å². The van der Waals surface area contributed by atoms with Crippen LogP contribution in [0.4, 0.5) is 0 Å². The molecule has 2 fully saturated rings. The van der Waals surface area contributed by atoms with Crippen molar-refractivity contribution >= 4 is 29.0 Å². The third-order valence-corrected chi connectivity index (χ3v) is 6.55. The van der Waals surface area contributed by atoms with Gasteiger partial charge in [0.1, 0.15) is 0 Å². The summed E-state index contributed by atoms with van der Waals surface area (Å²) in [5.74, 6) is 0.431. The molecule has 2 rings (SSSR count). The lowest BCUT2D eigenvalue weighted by atomic mass is 9.70. The van der Waals surface area contributed by atoms with E-state index in [1.165, 1.54) is 4.90 Å². The fourth-order valence-corrected chi connectivity index (χ4v) is 4.30. The molecule has 2 aliphatic carbocycles. The van der Waals surface area contributed by atoms with Gasteiger partial charge in [0.25, 0.3) is 0 Å². The molecule has 1 N–H and O–H groups in total. The summed E-state index contributed by atoms with van der Waals surface area (Å²) in [4.78, 5) is 28.6. The van der Waals surface area contributed by atoms with E-state index in [0.29, 0.717) is 5.11 Å². The Morgan fingerprint density at radius 1 is 1.36 bits per heavy atom. The average Bonchev–Trinajstić information content (AvgIpc) is 2.76. The number of rotatable bonds is 3. The van der Waals surface area contributed by atoms with Crippen molar-refractivity contribution in [2.75, 3.05) is 27.7 Å². The Hall–Kier alpha value is -1.17. The molecule has 0 saturated heterocycles. The number of carbonyl (C=O) groups excluding carboxylic acids is 2. The molecule has 2 aliphatic rings. The number of likely N-dealkylation sites (N-methyl/N-ethyl adjacent to an activating group) is 1. The number of carbonyl (C=O) groups is 2. The van der Waals surface area contributed by atoms with E-state index in [1.54, 1.807) is 26.0 Å². The highest BCUT2D eigenvalue weighted by molar-refractivity contribution is 7.80. The van der Waals surface area contributed by atoms with Crippen LogP contribution in [0.5, 0.6) is 0 Å². The zero-order valence-electron chi connectivity index (χ0n) is 14.4. The number of amides is 1. The molecule has 0 spiro atoms. The van der Waals surface area contributed by atoms with E-state index in [4.69, 9.17) is 12.2 Å². The van der Waals surface area contributed by atoms with Gasteiger partial charge >= 0.3 is 0 Å². The van der Waals surface area contributed by atoms with Crippen molar-refractivity contribution in [1.29, 1.82) is 0 Å². The molecule has 0 aromatic carbocycles. The van der Waals surface area contributed by atoms with Gasteiger partial charge in [-0.1, -0.05) is 20.8 Å². The summed E-state index contributed by atoms with van der Waals surface area (Å²) in [5, 5.41) is 3.41. The first-order valence-electron chi connectivity index (χ1n) is 7.80. The van der Waals surface area contributed by atoms with Crippen LogP contribution in [0.2, 0.25) is 0 Å². The van der Waals surface area contributed by atoms with Crippen LogP contribution in [-0.4, -0.2) is 60.3 Å². The Kier molecular flexibility index (Phi) is 4.28. The van der Waals surface area contributed by atoms with Crippen molar-refractivity contribution in [2.45, 2.75) is 39.7 Å². The van der Waals surface area contributed by atoms with Crippen molar-refractivity contribution in [3.05, 3.63) is 0 Å². The van der Waals surface area contributed by atoms with Gasteiger partial charge in [0, 0.05) is 26.6 Å². The average molecular weight is 325 g/mol. The normalized spacial score (nSPS) is 32.0. The zero-order chi connectivity index (χ0) is 16.9. The lowest BCUT2D eigenvalue weighted by Gasteiger charge is -2.36. The SMILES string of the molecule is CNC(=S)N(CC(=O)N(C)C)C1C(=O)C2(C)CCC1C2(C)C. The molecule has 0 aromatic heterocycles. The Bertz CT molecular complexity index is 518. The zero-order valence-corrected chi connectivity index (χ0v) is 15.2. The van der Waals surface area contributed by atoms with Gasteiger partial charge in [-0.25, -0.2) is 0 Å². The van der Waals surface area contributed by atoms with Crippen molar-refractivity contribution < 1.29 is 9.59 Å². The highest BCUT2D eigenvalue weighted by Gasteiger charge is 2.67. The third-order valence-electron chi connectivity index (χ3n) is 6.11. The molecule has 3 unspecified atom stereocenters. The maximum atomic E-state index is 13.1. The first-order chi connectivity index (χ1) is 10.1. The number of nitrogens with zero attached hydrogens (tertiary/aromatic N) is 2. The van der Waals surface area contributed by atoms with Crippen molar-refractivity contribution in [3.63, 3.8) is 0 Å². The van der Waals surface area contributed by atoms with Gasteiger partial charge in [-0.2, -0.15) is 0 Å². The lowest BCUT2D eigenvalue weighted by molar-refractivity contribution is -0.134. The summed E-state index contributed by atoms with van der Waals surface area (Å²) < 4.78 is 0. The highest BCUT2D eigenvalue weighted by Crippen LogP contribution is 2.64. The number of thiocarbonyl (C=S) groups is 1. The van der Waals surface area contributed by atoms with Gasteiger partial charge in [-0.3, -0.25) is 9.59 Å². The number of ketones is 1. The second-order valence-electron chi connectivity index (χ2n) is 7.48. The summed E-state index contributed by atoms with van der Waals surface area (Å²) in [5.41, 5.74) is -0.372. The molecular formula is C16H27N3O2S. The maximum Gasteiger partial charge on any atom is 0.241 e. The van der Waals surface area contributed by atoms with Gasteiger partial charge in [-0.15, -0.1) is 0 Å². The third kappa shape index (κ3) is 2.23. The fraction of sp³-hybridized carbons (Fsp3) is 0.812. The molecule has 5 nitrogen and oxygen atoms in total. The molecule has 3 atom stereocenters. The van der Waals surface area contributed by atoms with Gasteiger partial charge in [0.2, 0.25) is 5.91 Å². The smallest absolute Gasteiger partial charge is 0.241 e. The maximum absolute atomic E-state index is 13.1. The van der Waals surface area contributed by atoms with Crippen LogP contribution in [0.25, 0.3) is 0 Å². The number of nitrogens with one attached hydrogen (secondary N) is 1. The molecule has 1 amide bonds. The second-order valence-corrected chi connectivity index (χ2v) is 7.87. The van der Waals surface area contributed by atoms with Crippen LogP contribution < -0.4 is 5.32 Å². The number of hydrogen-bond donors (Lipinski definition) is 1. The fourth-order valence-electron chi connectivity index (χ4n) is 4.12. The van der Waals surface area contributed by atoms with Gasteiger partial charge in [0.05, 0.1) is 12.6 Å². The Balaban J connectivity index is 2.35. The van der Waals surface area contributed by atoms with Gasteiger partial charge < -0.3 is 15.1 Å². The van der Waals surface area contributed by atoms with Crippen LogP contribution >= 0.6 is 12.2 Å². The van der Waals surface area contributed by atoms with Gasteiger partial charge in [-0.05, 0) is 36.4 Å². The molecule has 2 saturated carbocycles. The summed E-state index contributed by atoms with van der Waals surface area (Å²) in [6, 6.07) is -0.294. The predicted molar refractivity (Wildman–Crippen MR) is 90.5 cm³/mol. The van der Waals surface area contributed by atoms with Crippen LogP contribution in [0.1, 0.15) is 33.6 Å². The molecule has 6 heteroatoms. The summed E-state index contributed by atoms with van der Waals surface area (Å²) in [6.45, 7) is 6.57. The highest BCUT2D eigenvalue weighted by atomic mass is 32.1. The van der Waals surface area contributed by atoms with Crippen LogP contribution in [0.3, 0.4) is 0 Å². The molecule has 0 aromatic rings. The van der Waals surface area contributed by atoms with Crippen molar-refractivity contribution in [3.8, 4) is 0 Å². The molecule has 0 radical (unpaired) electrons. The Labute approximate surface area is 138 Å². The van der Waals surface area contributed by atoms with E-state index >= 15 is 0 Å². The minimum absolute atomic E-state index is 0.0452. The minimum atomic E-state index is -0.314. The summed E-state index contributed by atoms with van der Waals surface area (Å²) in [7, 11) is 5.17. The quantitative estimate of drug-likeness (QED) is 0.792. The standard InChI is InChI=1S/C16H27N3O2S/c1-15(2)10-7-8-16(15,3)13(21)12(10)19(14(22)17-4)9-11(20)18(5)6/h10,12H,7-9H2,1-6H3,(H,17,22). The predicted octanol–water partition coefficient (Wildman–Crippen LogP) is 1.27. The van der Waals surface area contributed by atoms with E-state index < -0.39 is 0 Å². The van der Waals surface area contributed by atoms with Crippen LogP contribution in [-0.2, 0) is 9.59 Å². The summed E-state index contributed by atoms with van der Waals surface area (Å²) in [6.07, 6.45) is 1.95. The summed E-state index contributed by atoms with van der Waals surface area (Å²) >= 11 is 5.39. The van der Waals surface area contributed by atoms with Crippen molar-refractivity contribution in [1.82, 2.24) is 15.1 Å². The topological polar surface area (TPSA) is 52.7 Å². The van der Waals surface area contributed by atoms with E-state index in [-0.39, 0.29) is 41.0 Å². The lowest BCUT2D eigenvalue weighted by Crippen LogP contribution is -2.55. The molecule has 124 valence electrons. The van der Waals surface area contributed by atoms with Crippen molar-refractivity contribution in [2.24, 2.45) is 16.7 Å². The molecular weight excluding hydrogens is 298 g/mol. The largest absolute Gasteiger partial charge is 0.366 e. The Morgan fingerprint density at radius 2 is 1.95 bits per heavy atom. The molecule has 22 heavy (non-hydrogen) atoms. The monoisotopic (exact) mass is 325 g/mol. The molecule has 2 bridgehead atoms.